The largest absolute Gasteiger partial charge is 0.455 e. The fourth-order valence-electron chi connectivity index (χ4n) is 3.95. The van der Waals surface area contributed by atoms with Gasteiger partial charge in [0, 0.05) is 11.5 Å². The monoisotopic (exact) mass is 348 g/mol. The molecule has 138 valence electrons. The van der Waals surface area contributed by atoms with Gasteiger partial charge < -0.3 is 19.7 Å². The maximum absolute atomic E-state index is 12.0. The van der Waals surface area contributed by atoms with Gasteiger partial charge in [-0.05, 0) is 51.5 Å². The molecule has 2 heterocycles. The van der Waals surface area contributed by atoms with Gasteiger partial charge in [-0.2, -0.15) is 0 Å². The van der Waals surface area contributed by atoms with Gasteiger partial charge in [0.15, 0.2) is 0 Å². The van der Waals surface area contributed by atoms with Crippen LogP contribution in [0.15, 0.2) is 35.5 Å². The quantitative estimate of drug-likeness (QED) is 0.329. The lowest BCUT2D eigenvalue weighted by molar-refractivity contribution is -0.142. The number of epoxide rings is 1. The molecule has 0 unspecified atom stereocenters. The number of fused-ring (bicyclic) bond motifs is 2. The molecular formula is C20H28O5. The summed E-state index contributed by atoms with van der Waals surface area (Å²) in [5.41, 5.74) is 1.96. The zero-order valence-electron chi connectivity index (χ0n) is 15.0. The smallest absolute Gasteiger partial charge is 0.334 e. The first-order valence-corrected chi connectivity index (χ1v) is 9.07. The molecule has 2 N–H and O–H groups in total. The van der Waals surface area contributed by atoms with Crippen LogP contribution in [0, 0.1) is 5.92 Å². The fraction of sp³-hybridized carbons (Fsp3) is 0.650. The molecule has 5 nitrogen and oxygen atoms in total. The van der Waals surface area contributed by atoms with Crippen LogP contribution in [-0.2, 0) is 14.3 Å². The van der Waals surface area contributed by atoms with E-state index in [4.69, 9.17) is 9.47 Å². The minimum Gasteiger partial charge on any atom is -0.455 e. The molecule has 0 saturated carbocycles. The van der Waals surface area contributed by atoms with Gasteiger partial charge in [-0.1, -0.05) is 24.3 Å². The van der Waals surface area contributed by atoms with Gasteiger partial charge in [0.1, 0.15) is 17.8 Å². The number of rotatable bonds is 1. The number of carbonyl (C=O) groups is 1. The van der Waals surface area contributed by atoms with E-state index in [-0.39, 0.29) is 18.6 Å². The summed E-state index contributed by atoms with van der Waals surface area (Å²) in [7, 11) is 0. The standard InChI is InChI=1S/C20H28O5/c1-12-6-4-8-13(2)17(22)18-15(14(3)19(23)24-18)10-16-20(11-21,25-16)9-5-7-12/h7-8,15-18,21-22H,3-6,9-11H2,1-2H3/b12-7-,13-8+/t15-,16-,17-,18-,20+/m1/s1. The number of hydrogen-bond donors (Lipinski definition) is 2. The molecule has 0 bridgehead atoms. The Bertz CT molecular complexity index is 620. The summed E-state index contributed by atoms with van der Waals surface area (Å²) in [6.45, 7) is 7.79. The van der Waals surface area contributed by atoms with Crippen molar-refractivity contribution in [2.45, 2.75) is 69.9 Å². The zero-order valence-corrected chi connectivity index (χ0v) is 15.0. The number of allylic oxidation sites excluding steroid dienone is 3. The highest BCUT2D eigenvalue weighted by Crippen LogP contribution is 2.47. The number of esters is 1. The molecule has 25 heavy (non-hydrogen) atoms. The van der Waals surface area contributed by atoms with Crippen molar-refractivity contribution in [1.29, 1.82) is 0 Å². The van der Waals surface area contributed by atoms with E-state index in [0.29, 0.717) is 12.0 Å². The molecule has 2 saturated heterocycles. The number of aliphatic hydroxyl groups excluding tert-OH is 2. The van der Waals surface area contributed by atoms with Crippen LogP contribution in [0.25, 0.3) is 0 Å². The van der Waals surface area contributed by atoms with Gasteiger partial charge in [-0.3, -0.25) is 0 Å². The van der Waals surface area contributed by atoms with Gasteiger partial charge in [0.2, 0.25) is 0 Å². The van der Waals surface area contributed by atoms with Crippen LogP contribution in [0.2, 0.25) is 0 Å². The minimum absolute atomic E-state index is 0.0370. The first-order chi connectivity index (χ1) is 11.9. The lowest BCUT2D eigenvalue weighted by Crippen LogP contribution is -2.34. The highest BCUT2D eigenvalue weighted by Gasteiger charge is 2.58. The number of ether oxygens (including phenoxy) is 2. The third-order valence-electron chi connectivity index (χ3n) is 5.83. The molecule has 3 rings (SSSR count). The van der Waals surface area contributed by atoms with Crippen LogP contribution in [0.3, 0.4) is 0 Å². The minimum atomic E-state index is -0.845. The van der Waals surface area contributed by atoms with Gasteiger partial charge >= 0.3 is 5.97 Å². The summed E-state index contributed by atoms with van der Waals surface area (Å²) in [4.78, 5) is 12.0. The van der Waals surface area contributed by atoms with E-state index in [1.165, 1.54) is 5.57 Å². The summed E-state index contributed by atoms with van der Waals surface area (Å²) in [5, 5.41) is 20.5. The Morgan fingerprint density at radius 1 is 1.32 bits per heavy atom. The van der Waals surface area contributed by atoms with E-state index in [1.807, 2.05) is 13.0 Å². The molecule has 2 fully saturated rings. The van der Waals surface area contributed by atoms with Gasteiger partial charge in [0.25, 0.3) is 0 Å². The molecule has 0 aromatic rings. The lowest BCUT2D eigenvalue weighted by Gasteiger charge is -2.24. The van der Waals surface area contributed by atoms with Crippen molar-refractivity contribution in [2.75, 3.05) is 6.61 Å². The summed E-state index contributed by atoms with van der Waals surface area (Å²) in [6, 6.07) is 0. The van der Waals surface area contributed by atoms with Crippen molar-refractivity contribution >= 4 is 5.97 Å². The zero-order chi connectivity index (χ0) is 18.2. The predicted molar refractivity (Wildman–Crippen MR) is 93.8 cm³/mol. The molecule has 5 atom stereocenters. The Hall–Kier alpha value is -1.43. The molecule has 0 amide bonds. The van der Waals surface area contributed by atoms with Crippen LogP contribution in [0.1, 0.15) is 46.0 Å². The molecule has 5 heteroatoms. The molecule has 3 aliphatic rings. The third kappa shape index (κ3) is 3.59. The molecule has 1 aliphatic carbocycles. The number of aliphatic hydroxyl groups is 2. The lowest BCUT2D eigenvalue weighted by atomic mass is 9.84. The summed E-state index contributed by atoms with van der Waals surface area (Å²) >= 11 is 0. The highest BCUT2D eigenvalue weighted by atomic mass is 16.6. The normalized spacial score (nSPS) is 43.7. The van der Waals surface area contributed by atoms with Crippen molar-refractivity contribution in [2.24, 2.45) is 5.92 Å². The van der Waals surface area contributed by atoms with Crippen molar-refractivity contribution in [3.8, 4) is 0 Å². The second-order valence-corrected chi connectivity index (χ2v) is 7.59. The first-order valence-electron chi connectivity index (χ1n) is 9.07. The van der Waals surface area contributed by atoms with E-state index < -0.39 is 23.8 Å². The van der Waals surface area contributed by atoms with E-state index in [2.05, 4.69) is 19.6 Å². The number of hydrogen-bond acceptors (Lipinski definition) is 5. The molecule has 0 spiro atoms. The predicted octanol–water partition coefficient (Wildman–Crippen LogP) is 2.43. The summed E-state index contributed by atoms with van der Waals surface area (Å²) < 4.78 is 11.3. The highest BCUT2D eigenvalue weighted by molar-refractivity contribution is 5.91. The maximum Gasteiger partial charge on any atom is 0.334 e. The average Bonchev–Trinajstić information content (AvgIpc) is 3.20. The Labute approximate surface area is 149 Å². The average molecular weight is 348 g/mol. The van der Waals surface area contributed by atoms with Crippen LogP contribution in [-0.4, -0.2) is 46.7 Å². The maximum atomic E-state index is 12.0. The summed E-state index contributed by atoms with van der Waals surface area (Å²) in [5.74, 6) is -0.733. The van der Waals surface area contributed by atoms with Gasteiger partial charge in [-0.15, -0.1) is 0 Å². The summed E-state index contributed by atoms with van der Waals surface area (Å²) in [6.07, 6.45) is 6.51. The van der Waals surface area contributed by atoms with Gasteiger partial charge in [-0.25, -0.2) is 4.79 Å². The van der Waals surface area contributed by atoms with Crippen LogP contribution < -0.4 is 0 Å². The molecule has 0 aromatic heterocycles. The van der Waals surface area contributed by atoms with E-state index in [1.54, 1.807) is 0 Å². The molecule has 0 radical (unpaired) electrons. The van der Waals surface area contributed by atoms with Crippen molar-refractivity contribution in [3.05, 3.63) is 35.5 Å². The Kier molecular flexibility index (Phi) is 5.19. The Morgan fingerprint density at radius 2 is 2.08 bits per heavy atom. The SMILES string of the molecule is C=C1C(=O)O[C@@H]2[C@@H]1C[C@H]1O[C@]1(CO)CC/C=C(/C)CC/C=C(\C)[C@H]2O. The van der Waals surface area contributed by atoms with Crippen molar-refractivity contribution in [3.63, 3.8) is 0 Å². The third-order valence-corrected chi connectivity index (χ3v) is 5.83. The Balaban J connectivity index is 1.86. The van der Waals surface area contributed by atoms with Crippen LogP contribution in [0.5, 0.6) is 0 Å². The first kappa shape index (κ1) is 18.4. The van der Waals surface area contributed by atoms with E-state index in [9.17, 15) is 15.0 Å². The van der Waals surface area contributed by atoms with Crippen molar-refractivity contribution in [1.82, 2.24) is 0 Å². The van der Waals surface area contributed by atoms with E-state index in [0.717, 1.165) is 31.3 Å². The van der Waals surface area contributed by atoms with Crippen LogP contribution >= 0.6 is 0 Å². The Morgan fingerprint density at radius 3 is 2.80 bits per heavy atom. The second-order valence-electron chi connectivity index (χ2n) is 7.59. The number of carbonyl (C=O) groups excluding carboxylic acids is 1. The van der Waals surface area contributed by atoms with Crippen molar-refractivity contribution < 1.29 is 24.5 Å². The second kappa shape index (κ2) is 7.06. The van der Waals surface area contributed by atoms with Gasteiger partial charge in [0.05, 0.1) is 12.7 Å². The van der Waals surface area contributed by atoms with E-state index >= 15 is 0 Å². The van der Waals surface area contributed by atoms with Crippen LogP contribution in [0.4, 0.5) is 0 Å². The fourth-order valence-corrected chi connectivity index (χ4v) is 3.95. The molecular weight excluding hydrogens is 320 g/mol. The molecule has 0 aromatic carbocycles. The molecule has 2 aliphatic heterocycles. The topological polar surface area (TPSA) is 79.3 Å².